The van der Waals surface area contributed by atoms with E-state index in [0.29, 0.717) is 12.8 Å². The van der Waals surface area contributed by atoms with Gasteiger partial charge in [0.15, 0.2) is 0 Å². The van der Waals surface area contributed by atoms with Gasteiger partial charge in [-0.3, -0.25) is 9.98 Å². The molecule has 2 aromatic rings. The van der Waals surface area contributed by atoms with Crippen LogP contribution in [0, 0.1) is 19.7 Å². The molecule has 0 fully saturated rings. The number of halogens is 3. The highest BCUT2D eigenvalue weighted by molar-refractivity contribution is 6.55. The Bertz CT molecular complexity index is 885. The maximum Gasteiger partial charge on any atom is 0.123 e. The van der Waals surface area contributed by atoms with Crippen molar-refractivity contribution < 1.29 is 4.39 Å². The molecular weight excluding hydrogens is 358 g/mol. The molecule has 1 aliphatic heterocycles. The van der Waals surface area contributed by atoms with E-state index in [0.717, 1.165) is 33.7 Å². The van der Waals surface area contributed by atoms with E-state index < -0.39 is 5.54 Å². The van der Waals surface area contributed by atoms with Crippen LogP contribution in [-0.4, -0.2) is 16.2 Å². The first-order valence-corrected chi connectivity index (χ1v) is 8.86. The van der Waals surface area contributed by atoms with Gasteiger partial charge in [-0.1, -0.05) is 29.3 Å². The van der Waals surface area contributed by atoms with Gasteiger partial charge < -0.3 is 0 Å². The van der Waals surface area contributed by atoms with Gasteiger partial charge in [0.1, 0.15) is 10.3 Å². The Morgan fingerprint density at radius 3 is 2.72 bits per heavy atom. The molecule has 130 valence electrons. The summed E-state index contributed by atoms with van der Waals surface area (Å²) in [6.45, 7) is 6.03. The minimum absolute atomic E-state index is 0.218. The molecule has 1 aromatic carbocycles. The van der Waals surface area contributed by atoms with Crippen molar-refractivity contribution in [2.45, 2.75) is 39.2 Å². The quantitative estimate of drug-likeness (QED) is 0.674. The second-order valence-corrected chi connectivity index (χ2v) is 7.77. The van der Waals surface area contributed by atoms with Crippen LogP contribution in [0.1, 0.15) is 41.3 Å². The van der Waals surface area contributed by atoms with Crippen LogP contribution in [0.4, 0.5) is 4.39 Å². The SMILES string of the molecule is Cc1cc(C2=NC(C)(CC=C(Cl)Cl)Cc3cc(F)ccc32)cnc1C. The van der Waals surface area contributed by atoms with Crippen molar-refractivity contribution >= 4 is 28.9 Å². The van der Waals surface area contributed by atoms with Crippen LogP contribution in [0.3, 0.4) is 0 Å². The number of aromatic nitrogens is 1. The average Bonchev–Trinajstić information content (AvgIpc) is 2.54. The molecule has 3 rings (SSSR count). The maximum atomic E-state index is 13.8. The highest BCUT2D eigenvalue weighted by Crippen LogP contribution is 2.33. The molecule has 2 heterocycles. The van der Waals surface area contributed by atoms with E-state index in [9.17, 15) is 4.39 Å². The molecule has 1 atom stereocenters. The topological polar surface area (TPSA) is 25.2 Å². The number of nitrogens with zero attached hydrogens (tertiary/aromatic N) is 2. The van der Waals surface area contributed by atoms with Crippen molar-refractivity contribution in [1.82, 2.24) is 4.98 Å². The molecule has 0 saturated carbocycles. The summed E-state index contributed by atoms with van der Waals surface area (Å²) < 4.78 is 14.0. The molecule has 0 amide bonds. The number of rotatable bonds is 3. The summed E-state index contributed by atoms with van der Waals surface area (Å²) in [5, 5.41) is 0. The largest absolute Gasteiger partial charge is 0.277 e. The van der Waals surface area contributed by atoms with Crippen LogP contribution in [-0.2, 0) is 6.42 Å². The first kappa shape index (κ1) is 18.1. The molecule has 0 N–H and O–H groups in total. The molecule has 0 saturated heterocycles. The third-order valence-corrected chi connectivity index (χ3v) is 4.89. The molecular formula is C20H19Cl2FN2. The molecule has 1 aromatic heterocycles. The number of aryl methyl sites for hydroxylation is 2. The summed E-state index contributed by atoms with van der Waals surface area (Å²) in [6.07, 6.45) is 4.77. The van der Waals surface area contributed by atoms with Gasteiger partial charge in [0.05, 0.1) is 11.3 Å². The van der Waals surface area contributed by atoms with Gasteiger partial charge in [-0.25, -0.2) is 4.39 Å². The second-order valence-electron chi connectivity index (χ2n) is 6.76. The number of aliphatic imine (C=N–C) groups is 1. The summed E-state index contributed by atoms with van der Waals surface area (Å²) in [6, 6.07) is 6.93. The van der Waals surface area contributed by atoms with E-state index in [2.05, 4.69) is 11.1 Å². The number of fused-ring (bicyclic) bond motifs is 1. The van der Waals surface area contributed by atoms with Crippen molar-refractivity contribution in [3.8, 4) is 0 Å². The van der Waals surface area contributed by atoms with E-state index in [1.54, 1.807) is 18.2 Å². The van der Waals surface area contributed by atoms with Crippen molar-refractivity contribution in [2.24, 2.45) is 4.99 Å². The van der Waals surface area contributed by atoms with Gasteiger partial charge in [0.25, 0.3) is 0 Å². The monoisotopic (exact) mass is 376 g/mol. The molecule has 2 nitrogen and oxygen atoms in total. The van der Waals surface area contributed by atoms with Crippen molar-refractivity contribution in [1.29, 1.82) is 0 Å². The Labute approximate surface area is 157 Å². The van der Waals surface area contributed by atoms with E-state index >= 15 is 0 Å². The Balaban J connectivity index is 2.15. The highest BCUT2D eigenvalue weighted by Gasteiger charge is 2.31. The van der Waals surface area contributed by atoms with E-state index in [1.807, 2.05) is 27.0 Å². The minimum atomic E-state index is -0.441. The first-order valence-electron chi connectivity index (χ1n) is 8.11. The standard InChI is InChI=1S/C20H19Cl2FN2/c1-12-8-15(11-24-13(12)2)19-17-5-4-16(23)9-14(17)10-20(3,25-19)7-6-18(21)22/h4-6,8-9,11H,7,10H2,1-3H3. The van der Waals surface area contributed by atoms with Gasteiger partial charge in [-0.05, 0) is 69.0 Å². The number of pyridine rings is 1. The Hall–Kier alpha value is -1.71. The normalized spacial score (nSPS) is 19.2. The Kier molecular flexibility index (Phi) is 4.99. The van der Waals surface area contributed by atoms with Crippen LogP contribution >= 0.6 is 23.2 Å². The average molecular weight is 377 g/mol. The predicted octanol–water partition coefficient (Wildman–Crippen LogP) is 5.70. The third kappa shape index (κ3) is 3.94. The summed E-state index contributed by atoms with van der Waals surface area (Å²) in [5.41, 5.74) is 5.29. The Morgan fingerprint density at radius 1 is 1.28 bits per heavy atom. The Morgan fingerprint density at radius 2 is 2.04 bits per heavy atom. The molecule has 0 aliphatic carbocycles. The van der Waals surface area contributed by atoms with Crippen LogP contribution in [0.5, 0.6) is 0 Å². The number of benzene rings is 1. The van der Waals surface area contributed by atoms with Crippen molar-refractivity contribution in [3.05, 3.63) is 74.8 Å². The fraction of sp³-hybridized carbons (Fsp3) is 0.300. The zero-order chi connectivity index (χ0) is 18.2. The maximum absolute atomic E-state index is 13.8. The van der Waals surface area contributed by atoms with Crippen LogP contribution in [0.25, 0.3) is 0 Å². The second kappa shape index (κ2) is 6.89. The van der Waals surface area contributed by atoms with Gasteiger partial charge in [-0.2, -0.15) is 0 Å². The molecule has 0 bridgehead atoms. The summed E-state index contributed by atoms with van der Waals surface area (Å²) >= 11 is 11.6. The third-order valence-electron chi connectivity index (χ3n) is 4.58. The summed E-state index contributed by atoms with van der Waals surface area (Å²) in [4.78, 5) is 9.45. The van der Waals surface area contributed by atoms with Crippen LogP contribution in [0.2, 0.25) is 0 Å². The molecule has 5 heteroatoms. The fourth-order valence-electron chi connectivity index (χ4n) is 3.13. The van der Waals surface area contributed by atoms with Gasteiger partial charge in [0, 0.05) is 23.0 Å². The summed E-state index contributed by atoms with van der Waals surface area (Å²) in [7, 11) is 0. The predicted molar refractivity (Wildman–Crippen MR) is 102 cm³/mol. The van der Waals surface area contributed by atoms with E-state index in [-0.39, 0.29) is 10.3 Å². The number of hydrogen-bond acceptors (Lipinski definition) is 2. The lowest BCUT2D eigenvalue weighted by molar-refractivity contribution is 0.468. The first-order chi connectivity index (χ1) is 11.8. The van der Waals surface area contributed by atoms with Crippen molar-refractivity contribution in [3.63, 3.8) is 0 Å². The minimum Gasteiger partial charge on any atom is -0.277 e. The summed E-state index contributed by atoms with van der Waals surface area (Å²) in [5.74, 6) is -0.244. The van der Waals surface area contributed by atoms with Crippen molar-refractivity contribution in [2.75, 3.05) is 0 Å². The fourth-order valence-corrected chi connectivity index (χ4v) is 3.28. The molecule has 1 aliphatic rings. The lowest BCUT2D eigenvalue weighted by Gasteiger charge is -2.32. The van der Waals surface area contributed by atoms with Gasteiger partial charge in [0.2, 0.25) is 0 Å². The van der Waals surface area contributed by atoms with E-state index in [1.165, 1.54) is 6.07 Å². The molecule has 1 unspecified atom stereocenters. The molecule has 0 radical (unpaired) electrons. The van der Waals surface area contributed by atoms with E-state index in [4.69, 9.17) is 28.2 Å². The lowest BCUT2D eigenvalue weighted by atomic mass is 9.82. The smallest absolute Gasteiger partial charge is 0.123 e. The van der Waals surface area contributed by atoms with Crippen LogP contribution < -0.4 is 0 Å². The van der Waals surface area contributed by atoms with Gasteiger partial charge >= 0.3 is 0 Å². The number of hydrogen-bond donors (Lipinski definition) is 0. The molecule has 25 heavy (non-hydrogen) atoms. The van der Waals surface area contributed by atoms with Crippen LogP contribution in [0.15, 0.2) is 46.0 Å². The lowest BCUT2D eigenvalue weighted by Crippen LogP contribution is -2.32. The highest BCUT2D eigenvalue weighted by atomic mass is 35.5. The molecule has 0 spiro atoms. The zero-order valence-corrected chi connectivity index (χ0v) is 15.9. The zero-order valence-electron chi connectivity index (χ0n) is 14.4. The van der Waals surface area contributed by atoms with Gasteiger partial charge in [-0.15, -0.1) is 0 Å².